The van der Waals surface area contributed by atoms with E-state index in [-0.39, 0.29) is 17.3 Å². The Morgan fingerprint density at radius 3 is 2.83 bits per heavy atom. The number of aliphatic hydroxyl groups excluding tert-OH is 1. The topological polar surface area (TPSA) is 49.7 Å². The van der Waals surface area contributed by atoms with Crippen molar-refractivity contribution in [2.24, 2.45) is 17.3 Å². The minimum Gasteiger partial charge on any atom is -0.504 e. The van der Waals surface area contributed by atoms with Gasteiger partial charge in [-0.05, 0) is 91.9 Å². The highest BCUT2D eigenvalue weighted by atomic mass is 16.5. The number of ether oxygens (including phenoxy) is 1. The van der Waals surface area contributed by atoms with Gasteiger partial charge in [-0.1, -0.05) is 13.3 Å². The molecule has 0 spiro atoms. The molecule has 3 heteroatoms. The maximum Gasteiger partial charge on any atom is 0.161 e. The molecule has 4 rings (SSSR count). The molecule has 2 saturated carbocycles. The van der Waals surface area contributed by atoms with E-state index in [0.29, 0.717) is 30.1 Å². The van der Waals surface area contributed by atoms with Crippen LogP contribution in [-0.4, -0.2) is 22.9 Å². The Hall–Kier alpha value is -1.22. The van der Waals surface area contributed by atoms with Gasteiger partial charge in [0.2, 0.25) is 0 Å². The van der Waals surface area contributed by atoms with Crippen LogP contribution < -0.4 is 4.74 Å². The molecule has 2 N–H and O–H groups in total. The number of phenolic OH excluding ortho intramolecular Hbond substituents is 1. The van der Waals surface area contributed by atoms with E-state index in [9.17, 15) is 10.2 Å². The van der Waals surface area contributed by atoms with Gasteiger partial charge in [0.05, 0.1) is 12.7 Å². The molecule has 3 aliphatic rings. The van der Waals surface area contributed by atoms with E-state index in [0.717, 1.165) is 19.3 Å². The maximum absolute atomic E-state index is 10.6. The van der Waals surface area contributed by atoms with Gasteiger partial charge < -0.3 is 14.9 Å². The Balaban J connectivity index is 1.73. The van der Waals surface area contributed by atoms with Gasteiger partial charge in [0.15, 0.2) is 11.5 Å². The molecular weight excluding hydrogens is 300 g/mol. The van der Waals surface area contributed by atoms with E-state index in [1.54, 1.807) is 0 Å². The number of aliphatic hydroxyl groups is 1. The van der Waals surface area contributed by atoms with Crippen LogP contribution in [0, 0.1) is 17.3 Å². The lowest BCUT2D eigenvalue weighted by atomic mass is 9.63. The van der Waals surface area contributed by atoms with Gasteiger partial charge in [-0.2, -0.15) is 0 Å². The minimum absolute atomic E-state index is 0.108. The van der Waals surface area contributed by atoms with Gasteiger partial charge in [-0.3, -0.25) is 0 Å². The highest BCUT2D eigenvalue weighted by molar-refractivity contribution is 5.49. The van der Waals surface area contributed by atoms with Gasteiger partial charge in [0.1, 0.15) is 0 Å². The number of aryl methyl sites for hydroxylation is 1. The van der Waals surface area contributed by atoms with Crippen molar-refractivity contribution in [1.29, 1.82) is 0 Å². The quantitative estimate of drug-likeness (QED) is 0.845. The van der Waals surface area contributed by atoms with Crippen LogP contribution in [0.3, 0.4) is 0 Å². The Labute approximate surface area is 145 Å². The smallest absolute Gasteiger partial charge is 0.161 e. The van der Waals surface area contributed by atoms with Gasteiger partial charge in [0, 0.05) is 0 Å². The lowest BCUT2D eigenvalue weighted by Gasteiger charge is -2.42. The van der Waals surface area contributed by atoms with E-state index in [1.807, 2.05) is 13.0 Å². The van der Waals surface area contributed by atoms with Crippen LogP contribution in [0.5, 0.6) is 11.5 Å². The summed E-state index contributed by atoms with van der Waals surface area (Å²) >= 11 is 0. The normalized spacial score (nSPS) is 38.0. The van der Waals surface area contributed by atoms with Crippen molar-refractivity contribution in [2.75, 3.05) is 6.61 Å². The lowest BCUT2D eigenvalue weighted by Crippen LogP contribution is -2.37. The van der Waals surface area contributed by atoms with E-state index in [4.69, 9.17) is 4.74 Å². The monoisotopic (exact) mass is 330 g/mol. The van der Waals surface area contributed by atoms with Crippen molar-refractivity contribution in [2.45, 2.75) is 70.8 Å². The summed E-state index contributed by atoms with van der Waals surface area (Å²) in [5.41, 5.74) is 2.81. The zero-order valence-corrected chi connectivity index (χ0v) is 14.9. The van der Waals surface area contributed by atoms with Crippen LogP contribution in [-0.2, 0) is 6.42 Å². The van der Waals surface area contributed by atoms with E-state index >= 15 is 0 Å². The molecule has 0 amide bonds. The number of aromatic hydroxyl groups is 1. The molecule has 5 unspecified atom stereocenters. The molecule has 1 aromatic rings. The molecule has 0 aliphatic heterocycles. The summed E-state index contributed by atoms with van der Waals surface area (Å²) in [5, 5.41) is 20.8. The predicted molar refractivity (Wildman–Crippen MR) is 94.5 cm³/mol. The molecule has 3 aliphatic carbocycles. The third kappa shape index (κ3) is 2.35. The van der Waals surface area contributed by atoms with Crippen LogP contribution in [0.2, 0.25) is 0 Å². The third-order valence-corrected chi connectivity index (χ3v) is 7.29. The Morgan fingerprint density at radius 1 is 1.21 bits per heavy atom. The predicted octanol–water partition coefficient (Wildman–Crippen LogP) is 4.40. The number of fused-ring (bicyclic) bond motifs is 5. The zero-order valence-electron chi connectivity index (χ0n) is 14.9. The second-order valence-corrected chi connectivity index (χ2v) is 8.36. The van der Waals surface area contributed by atoms with Gasteiger partial charge in [0.25, 0.3) is 0 Å². The van der Waals surface area contributed by atoms with Crippen molar-refractivity contribution in [1.82, 2.24) is 0 Å². The second kappa shape index (κ2) is 5.94. The maximum atomic E-state index is 10.6. The summed E-state index contributed by atoms with van der Waals surface area (Å²) in [7, 11) is 0. The third-order valence-electron chi connectivity index (χ3n) is 7.29. The van der Waals surface area contributed by atoms with Crippen molar-refractivity contribution in [3.05, 3.63) is 23.3 Å². The number of rotatable bonds is 2. The number of hydrogen-bond acceptors (Lipinski definition) is 3. The number of benzene rings is 1. The van der Waals surface area contributed by atoms with Crippen LogP contribution >= 0.6 is 0 Å². The fourth-order valence-corrected chi connectivity index (χ4v) is 6.07. The van der Waals surface area contributed by atoms with Gasteiger partial charge in [-0.15, -0.1) is 0 Å². The second-order valence-electron chi connectivity index (χ2n) is 8.36. The standard InChI is InChI=1S/C21H30O3/c1-3-24-19-12-16-13(11-18(19)22)6-7-15-14(16)5-4-10-21(2)17(15)8-9-20(21)23/h11-12,14-15,17,20,22-23H,3-10H2,1-2H3. The Kier molecular flexibility index (Phi) is 4.03. The molecule has 3 nitrogen and oxygen atoms in total. The number of hydrogen-bond donors (Lipinski definition) is 2. The summed E-state index contributed by atoms with van der Waals surface area (Å²) in [6.45, 7) is 4.86. The Bertz CT molecular complexity index is 626. The summed E-state index contributed by atoms with van der Waals surface area (Å²) < 4.78 is 5.65. The molecule has 2 fully saturated rings. The summed E-state index contributed by atoms with van der Waals surface area (Å²) in [6, 6.07) is 4.04. The first kappa shape index (κ1) is 16.3. The van der Waals surface area contributed by atoms with E-state index < -0.39 is 0 Å². The molecule has 0 aromatic heterocycles. The summed E-state index contributed by atoms with van der Waals surface area (Å²) in [6.07, 6.45) is 7.79. The fraction of sp³-hybridized carbons (Fsp3) is 0.714. The molecule has 0 saturated heterocycles. The highest BCUT2D eigenvalue weighted by Crippen LogP contribution is 2.59. The average Bonchev–Trinajstić information content (AvgIpc) is 2.76. The Morgan fingerprint density at radius 2 is 2.04 bits per heavy atom. The first-order valence-electron chi connectivity index (χ1n) is 9.71. The van der Waals surface area contributed by atoms with Crippen LogP contribution in [0.15, 0.2) is 12.1 Å². The summed E-state index contributed by atoms with van der Waals surface area (Å²) in [5.74, 6) is 2.78. The fourth-order valence-electron chi connectivity index (χ4n) is 6.07. The van der Waals surface area contributed by atoms with E-state index in [2.05, 4.69) is 13.0 Å². The van der Waals surface area contributed by atoms with Crippen molar-refractivity contribution in [3.63, 3.8) is 0 Å². The lowest BCUT2D eigenvalue weighted by molar-refractivity contribution is 0.0163. The molecule has 132 valence electrons. The van der Waals surface area contributed by atoms with Gasteiger partial charge >= 0.3 is 0 Å². The molecule has 24 heavy (non-hydrogen) atoms. The van der Waals surface area contributed by atoms with Crippen molar-refractivity contribution >= 4 is 0 Å². The zero-order chi connectivity index (χ0) is 16.9. The SMILES string of the molecule is CCOc1cc2c(cc1O)CCC1C2CCCC2(C)C(O)CCC12. The van der Waals surface area contributed by atoms with Crippen LogP contribution in [0.1, 0.15) is 69.4 Å². The van der Waals surface area contributed by atoms with E-state index in [1.165, 1.54) is 36.8 Å². The van der Waals surface area contributed by atoms with Gasteiger partial charge in [-0.25, -0.2) is 0 Å². The average molecular weight is 330 g/mol. The molecule has 5 atom stereocenters. The molecule has 0 radical (unpaired) electrons. The first-order valence-corrected chi connectivity index (χ1v) is 9.71. The van der Waals surface area contributed by atoms with Crippen LogP contribution in [0.25, 0.3) is 0 Å². The highest BCUT2D eigenvalue weighted by Gasteiger charge is 2.52. The van der Waals surface area contributed by atoms with Crippen molar-refractivity contribution in [3.8, 4) is 11.5 Å². The van der Waals surface area contributed by atoms with Crippen LogP contribution in [0.4, 0.5) is 0 Å². The minimum atomic E-state index is -0.124. The first-order chi connectivity index (χ1) is 11.5. The molecule has 1 aromatic carbocycles. The summed E-state index contributed by atoms with van der Waals surface area (Å²) in [4.78, 5) is 0. The largest absolute Gasteiger partial charge is 0.504 e. The van der Waals surface area contributed by atoms with Crippen molar-refractivity contribution < 1.29 is 14.9 Å². The molecule has 0 bridgehead atoms. The number of phenols is 1. The molecular formula is C21H30O3. The molecule has 0 heterocycles.